The van der Waals surface area contributed by atoms with E-state index in [1.165, 1.54) is 4.31 Å². The Hall–Kier alpha value is -0.210. The first-order valence-electron chi connectivity index (χ1n) is 7.46. The largest absolute Gasteiger partial charge is 0.396 e. The van der Waals surface area contributed by atoms with Crippen LogP contribution in [0.25, 0.3) is 0 Å². The summed E-state index contributed by atoms with van der Waals surface area (Å²) in [4.78, 5) is 0. The predicted octanol–water partition coefficient (Wildman–Crippen LogP) is 0.481. The summed E-state index contributed by atoms with van der Waals surface area (Å²) >= 11 is 0. The fourth-order valence-electron chi connectivity index (χ4n) is 3.17. The van der Waals surface area contributed by atoms with Crippen molar-refractivity contribution in [1.29, 1.82) is 0 Å². The molecule has 1 saturated heterocycles. The molecule has 2 N–H and O–H groups in total. The topological polar surface area (TPSA) is 78.9 Å². The molecule has 0 radical (unpaired) electrons. The van der Waals surface area contributed by atoms with Crippen molar-refractivity contribution in [3.8, 4) is 0 Å². The van der Waals surface area contributed by atoms with Gasteiger partial charge in [0.25, 0.3) is 10.2 Å². The summed E-state index contributed by atoms with van der Waals surface area (Å²) in [6.45, 7) is 4.58. The van der Waals surface area contributed by atoms with Crippen molar-refractivity contribution in [2.24, 2.45) is 5.92 Å². The average Bonchev–Trinajstić information content (AvgIpc) is 2.38. The van der Waals surface area contributed by atoms with Crippen molar-refractivity contribution in [1.82, 2.24) is 9.03 Å². The van der Waals surface area contributed by atoms with Crippen LogP contribution in [0.5, 0.6) is 0 Å². The number of hydrogen-bond donors (Lipinski definition) is 2. The molecule has 6 nitrogen and oxygen atoms in total. The van der Waals surface area contributed by atoms with E-state index in [9.17, 15) is 13.5 Å². The fourth-order valence-corrected chi connectivity index (χ4v) is 4.83. The monoisotopic (exact) mass is 306 g/mol. The highest BCUT2D eigenvalue weighted by molar-refractivity contribution is 7.87. The lowest BCUT2D eigenvalue weighted by Crippen LogP contribution is -2.55. The molecule has 0 bridgehead atoms. The second-order valence-corrected chi connectivity index (χ2v) is 7.73. The summed E-state index contributed by atoms with van der Waals surface area (Å²) in [6.07, 6.45) is 3.60. The maximum Gasteiger partial charge on any atom is 0.279 e. The SMILES string of the molecule is CC1CN(S(=O)(=O)NC2CCCCC2CO)CC(C)O1. The zero-order valence-corrected chi connectivity index (χ0v) is 13.1. The Balaban J connectivity index is 2.02. The molecule has 0 aromatic heterocycles. The third-order valence-electron chi connectivity index (χ3n) is 4.17. The van der Waals surface area contributed by atoms with Crippen LogP contribution in [0.2, 0.25) is 0 Å². The summed E-state index contributed by atoms with van der Waals surface area (Å²) < 4.78 is 34.8. The Morgan fingerprint density at radius 2 is 1.80 bits per heavy atom. The third kappa shape index (κ3) is 3.92. The van der Waals surface area contributed by atoms with Gasteiger partial charge in [-0.05, 0) is 32.6 Å². The molecule has 4 unspecified atom stereocenters. The molecule has 0 aromatic carbocycles. The van der Waals surface area contributed by atoms with E-state index in [0.717, 1.165) is 25.7 Å². The smallest absolute Gasteiger partial charge is 0.279 e. The van der Waals surface area contributed by atoms with Crippen LogP contribution in [0.1, 0.15) is 39.5 Å². The third-order valence-corrected chi connectivity index (χ3v) is 5.75. The molecule has 0 aromatic rings. The summed E-state index contributed by atoms with van der Waals surface area (Å²) in [5.74, 6) is 0.0365. The van der Waals surface area contributed by atoms with Gasteiger partial charge in [-0.3, -0.25) is 0 Å². The zero-order chi connectivity index (χ0) is 14.8. The minimum atomic E-state index is -3.50. The van der Waals surface area contributed by atoms with Crippen molar-refractivity contribution < 1.29 is 18.3 Å². The lowest BCUT2D eigenvalue weighted by molar-refractivity contribution is -0.0445. The van der Waals surface area contributed by atoms with Crippen LogP contribution < -0.4 is 4.72 Å². The molecule has 1 aliphatic carbocycles. The number of aliphatic hydroxyl groups excluding tert-OH is 1. The average molecular weight is 306 g/mol. The second kappa shape index (κ2) is 6.70. The van der Waals surface area contributed by atoms with E-state index in [0.29, 0.717) is 13.1 Å². The molecule has 4 atom stereocenters. The van der Waals surface area contributed by atoms with E-state index in [1.807, 2.05) is 13.8 Å². The van der Waals surface area contributed by atoms with Crippen LogP contribution in [0.3, 0.4) is 0 Å². The number of morpholine rings is 1. The zero-order valence-electron chi connectivity index (χ0n) is 12.3. The number of rotatable bonds is 4. The first-order chi connectivity index (χ1) is 9.42. The number of hydrogen-bond acceptors (Lipinski definition) is 4. The maximum absolute atomic E-state index is 12.5. The normalized spacial score (nSPS) is 37.0. The lowest BCUT2D eigenvalue weighted by atomic mass is 9.86. The minimum Gasteiger partial charge on any atom is -0.396 e. The summed E-state index contributed by atoms with van der Waals surface area (Å²) in [6, 6.07) is -0.146. The molecule has 118 valence electrons. The Bertz CT molecular complexity index is 405. The van der Waals surface area contributed by atoms with Crippen molar-refractivity contribution in [2.75, 3.05) is 19.7 Å². The van der Waals surface area contributed by atoms with E-state index in [4.69, 9.17) is 4.74 Å². The molecule has 0 spiro atoms. The molecule has 20 heavy (non-hydrogen) atoms. The molecule has 2 fully saturated rings. The Morgan fingerprint density at radius 3 is 2.40 bits per heavy atom. The van der Waals surface area contributed by atoms with Crippen molar-refractivity contribution in [3.05, 3.63) is 0 Å². The number of nitrogens with one attached hydrogen (secondary N) is 1. The molecule has 0 amide bonds. The van der Waals surface area contributed by atoms with E-state index in [2.05, 4.69) is 4.72 Å². The van der Waals surface area contributed by atoms with Crippen LogP contribution in [0.4, 0.5) is 0 Å². The van der Waals surface area contributed by atoms with Gasteiger partial charge in [0.1, 0.15) is 0 Å². The Labute approximate surface area is 121 Å². The Morgan fingerprint density at radius 1 is 1.20 bits per heavy atom. The quantitative estimate of drug-likeness (QED) is 0.792. The van der Waals surface area contributed by atoms with Crippen LogP contribution in [-0.4, -0.2) is 55.8 Å². The number of ether oxygens (including phenoxy) is 1. The van der Waals surface area contributed by atoms with Gasteiger partial charge >= 0.3 is 0 Å². The highest BCUT2D eigenvalue weighted by Gasteiger charge is 2.35. The molecular formula is C13H26N2O4S. The van der Waals surface area contributed by atoms with Gasteiger partial charge in [0.15, 0.2) is 0 Å². The van der Waals surface area contributed by atoms with Gasteiger partial charge in [0.05, 0.1) is 12.2 Å². The molecule has 2 rings (SSSR count). The molecule has 1 aliphatic heterocycles. The first-order valence-corrected chi connectivity index (χ1v) is 8.90. The van der Waals surface area contributed by atoms with Crippen LogP contribution >= 0.6 is 0 Å². The molecule has 1 saturated carbocycles. The van der Waals surface area contributed by atoms with E-state index in [1.54, 1.807) is 0 Å². The van der Waals surface area contributed by atoms with E-state index < -0.39 is 10.2 Å². The minimum absolute atomic E-state index is 0.0365. The van der Waals surface area contributed by atoms with Gasteiger partial charge in [-0.2, -0.15) is 17.4 Å². The fraction of sp³-hybridized carbons (Fsp3) is 1.00. The maximum atomic E-state index is 12.5. The summed E-state index contributed by atoms with van der Waals surface area (Å²) in [5, 5.41) is 9.38. The van der Waals surface area contributed by atoms with Crippen LogP contribution in [0, 0.1) is 5.92 Å². The number of nitrogens with zero attached hydrogens (tertiary/aromatic N) is 1. The standard InChI is InChI=1S/C13H26N2O4S/c1-10-7-15(8-11(2)19-10)20(17,18)14-13-6-4-3-5-12(13)9-16/h10-14,16H,3-9H2,1-2H3. The summed E-state index contributed by atoms with van der Waals surface area (Å²) in [5.41, 5.74) is 0. The van der Waals surface area contributed by atoms with E-state index in [-0.39, 0.29) is 30.8 Å². The van der Waals surface area contributed by atoms with Crippen LogP contribution in [-0.2, 0) is 14.9 Å². The number of aliphatic hydroxyl groups is 1. The first kappa shape index (κ1) is 16.2. The van der Waals surface area contributed by atoms with Crippen LogP contribution in [0.15, 0.2) is 0 Å². The lowest BCUT2D eigenvalue weighted by Gasteiger charge is -2.37. The van der Waals surface area contributed by atoms with Gasteiger partial charge in [0, 0.05) is 25.7 Å². The van der Waals surface area contributed by atoms with Gasteiger partial charge in [0.2, 0.25) is 0 Å². The van der Waals surface area contributed by atoms with Crippen molar-refractivity contribution >= 4 is 10.2 Å². The van der Waals surface area contributed by atoms with Gasteiger partial charge in [-0.15, -0.1) is 0 Å². The van der Waals surface area contributed by atoms with Gasteiger partial charge < -0.3 is 9.84 Å². The molecule has 1 heterocycles. The Kier molecular flexibility index (Phi) is 5.42. The highest BCUT2D eigenvalue weighted by atomic mass is 32.2. The van der Waals surface area contributed by atoms with Crippen molar-refractivity contribution in [3.63, 3.8) is 0 Å². The summed E-state index contributed by atoms with van der Waals surface area (Å²) in [7, 11) is -3.50. The second-order valence-electron chi connectivity index (χ2n) is 6.03. The molecule has 7 heteroatoms. The molecular weight excluding hydrogens is 280 g/mol. The highest BCUT2D eigenvalue weighted by Crippen LogP contribution is 2.25. The van der Waals surface area contributed by atoms with Crippen molar-refractivity contribution in [2.45, 2.75) is 57.8 Å². The van der Waals surface area contributed by atoms with Gasteiger partial charge in [-0.25, -0.2) is 0 Å². The predicted molar refractivity (Wildman–Crippen MR) is 76.5 cm³/mol. The molecule has 2 aliphatic rings. The van der Waals surface area contributed by atoms with E-state index >= 15 is 0 Å². The van der Waals surface area contributed by atoms with Gasteiger partial charge in [-0.1, -0.05) is 12.8 Å².